The molecular formula is C22H62O9TaTi. The van der Waals surface area contributed by atoms with Crippen molar-refractivity contribution < 1.29 is 90.1 Å². The first-order chi connectivity index (χ1) is 14.0. The number of hydrogen-bond donors (Lipinski definition) is 9. The molecule has 33 heavy (non-hydrogen) atoms. The predicted molar refractivity (Wildman–Crippen MR) is 133 cm³/mol. The van der Waals surface area contributed by atoms with Gasteiger partial charge in [0.05, 0.1) is 0 Å². The van der Waals surface area contributed by atoms with Crippen molar-refractivity contribution >= 4 is 0 Å². The van der Waals surface area contributed by atoms with Crippen LogP contribution < -0.4 is 0 Å². The van der Waals surface area contributed by atoms with Gasteiger partial charge in [-0.1, -0.05) is 0 Å². The number of hydrogen-bond acceptors (Lipinski definition) is 9. The SMILES string of the molecule is CC(C)O.CC(C)O.CC(C)O.CC(C)O.CCO.CCO.CCO.CCO.CCO.[Ta].[Ti]. The molecule has 0 saturated heterocycles. The van der Waals surface area contributed by atoms with Crippen molar-refractivity contribution in [2.24, 2.45) is 0 Å². The Kier molecular flexibility index (Phi) is 221. The summed E-state index contributed by atoms with van der Waals surface area (Å²) < 4.78 is 0. The number of aliphatic hydroxyl groups is 9. The first-order valence-electron chi connectivity index (χ1n) is 10.8. The van der Waals surface area contributed by atoms with Gasteiger partial charge >= 0.3 is 0 Å². The van der Waals surface area contributed by atoms with Crippen LogP contribution in [0.5, 0.6) is 0 Å². The number of aliphatic hydroxyl groups excluding tert-OH is 9. The molecule has 0 unspecified atom stereocenters. The summed E-state index contributed by atoms with van der Waals surface area (Å²) in [4.78, 5) is 0. The average Bonchev–Trinajstić information content (AvgIpc) is 2.48. The van der Waals surface area contributed by atoms with Gasteiger partial charge in [-0.3, -0.25) is 0 Å². The first-order valence-corrected chi connectivity index (χ1v) is 10.8. The molecule has 0 aromatic rings. The Hall–Kier alpha value is 1.09. The summed E-state index contributed by atoms with van der Waals surface area (Å²) in [5.41, 5.74) is 0. The van der Waals surface area contributed by atoms with E-state index in [9.17, 15) is 0 Å². The van der Waals surface area contributed by atoms with Crippen molar-refractivity contribution in [3.05, 3.63) is 0 Å². The van der Waals surface area contributed by atoms with Gasteiger partial charge < -0.3 is 46.0 Å². The Morgan fingerprint density at radius 3 is 0.364 bits per heavy atom. The molecule has 0 aromatic carbocycles. The summed E-state index contributed by atoms with van der Waals surface area (Å²) in [6, 6.07) is 0. The van der Waals surface area contributed by atoms with Crippen molar-refractivity contribution in [2.75, 3.05) is 33.0 Å². The second-order valence-corrected chi connectivity index (χ2v) is 5.96. The third-order valence-corrected chi connectivity index (χ3v) is 0. The van der Waals surface area contributed by atoms with Gasteiger partial charge in [0.25, 0.3) is 0 Å². The van der Waals surface area contributed by atoms with Gasteiger partial charge in [-0.05, 0) is 90.0 Å². The molecular weight excluding hydrogens is 637 g/mol. The quantitative estimate of drug-likeness (QED) is 0.170. The molecule has 9 N–H and O–H groups in total. The Labute approximate surface area is 236 Å². The van der Waals surface area contributed by atoms with E-state index in [-0.39, 0.29) is 102 Å². The molecule has 0 aromatic heterocycles. The fraction of sp³-hybridized carbons (Fsp3) is 1.00. The summed E-state index contributed by atoms with van der Waals surface area (Å²) in [7, 11) is 0. The molecule has 0 amide bonds. The minimum atomic E-state index is -0.167. The minimum Gasteiger partial charge on any atom is -0.397 e. The molecule has 1 radical (unpaired) electrons. The van der Waals surface area contributed by atoms with Crippen molar-refractivity contribution in [2.45, 2.75) is 114 Å². The van der Waals surface area contributed by atoms with E-state index in [2.05, 4.69) is 0 Å². The smallest absolute Gasteiger partial charge is 0.0483 e. The zero-order valence-electron chi connectivity index (χ0n) is 23.8. The van der Waals surface area contributed by atoms with Crippen molar-refractivity contribution in [1.82, 2.24) is 0 Å². The Morgan fingerprint density at radius 2 is 0.364 bits per heavy atom. The van der Waals surface area contributed by atoms with Crippen molar-refractivity contribution in [1.29, 1.82) is 0 Å². The second kappa shape index (κ2) is 104. The minimum absolute atomic E-state index is 0. The molecule has 0 bridgehead atoms. The maximum absolute atomic E-state index is 8.06. The van der Waals surface area contributed by atoms with Crippen LogP contribution in [0.2, 0.25) is 0 Å². The van der Waals surface area contributed by atoms with E-state index in [0.29, 0.717) is 0 Å². The largest absolute Gasteiger partial charge is 0.397 e. The molecule has 9 nitrogen and oxygen atoms in total. The van der Waals surface area contributed by atoms with E-state index in [1.165, 1.54) is 0 Å². The van der Waals surface area contributed by atoms with Crippen LogP contribution in [-0.4, -0.2) is 103 Å². The van der Waals surface area contributed by atoms with Crippen molar-refractivity contribution in [3.63, 3.8) is 0 Å². The molecule has 213 valence electrons. The average molecular weight is 700 g/mol. The third-order valence-electron chi connectivity index (χ3n) is 0. The van der Waals surface area contributed by atoms with Gasteiger partial charge in [0, 0.05) is 102 Å². The van der Waals surface area contributed by atoms with Gasteiger partial charge in [-0.15, -0.1) is 0 Å². The molecule has 0 spiro atoms. The van der Waals surface area contributed by atoms with Gasteiger partial charge in [0.1, 0.15) is 0 Å². The topological polar surface area (TPSA) is 182 Å². The van der Waals surface area contributed by atoms with Crippen LogP contribution in [0, 0.1) is 0 Å². The fourth-order valence-electron chi connectivity index (χ4n) is 0. The molecule has 0 aliphatic rings. The molecule has 0 atom stereocenters. The van der Waals surface area contributed by atoms with E-state index in [0.717, 1.165) is 0 Å². The van der Waals surface area contributed by atoms with Gasteiger partial charge in [0.15, 0.2) is 0 Å². The zero-order valence-corrected chi connectivity index (χ0v) is 28.6. The van der Waals surface area contributed by atoms with Crippen molar-refractivity contribution in [3.8, 4) is 0 Å². The molecule has 11 heteroatoms. The first kappa shape index (κ1) is 70.0. The van der Waals surface area contributed by atoms with E-state index in [4.69, 9.17) is 46.0 Å². The van der Waals surface area contributed by atoms with Crippen LogP contribution in [-0.2, 0) is 44.1 Å². The van der Waals surface area contributed by atoms with Crippen LogP contribution >= 0.6 is 0 Å². The Bertz CT molecular complexity index is 124. The molecule has 0 heterocycles. The standard InChI is InChI=1S/4C3H8O.5C2H6O.Ta.Ti/c4*1-3(2)4;5*1-2-3;;/h4*3-4H,1-2H3;5*3H,2H2,1H3;;. The normalized spacial score (nSPS) is 7.09. The zero-order chi connectivity index (χ0) is 27.8. The second-order valence-electron chi connectivity index (χ2n) is 5.96. The van der Waals surface area contributed by atoms with Crippen LogP contribution in [0.15, 0.2) is 0 Å². The third kappa shape index (κ3) is 26700. The summed E-state index contributed by atoms with van der Waals surface area (Å²) in [6.45, 7) is 23.4. The molecule has 0 saturated carbocycles. The summed E-state index contributed by atoms with van der Waals surface area (Å²) in [5.74, 6) is 0. The molecule has 0 rings (SSSR count). The maximum atomic E-state index is 8.06. The molecule has 0 aliphatic carbocycles. The van der Waals surface area contributed by atoms with E-state index >= 15 is 0 Å². The maximum Gasteiger partial charge on any atom is 0.0483 e. The van der Waals surface area contributed by atoms with Crippen LogP contribution in [0.4, 0.5) is 0 Å². The van der Waals surface area contributed by atoms with Crippen LogP contribution in [0.3, 0.4) is 0 Å². The fourth-order valence-corrected chi connectivity index (χ4v) is 0. The number of rotatable bonds is 0. The van der Waals surface area contributed by atoms with Crippen LogP contribution in [0.25, 0.3) is 0 Å². The van der Waals surface area contributed by atoms with E-state index in [1.807, 2.05) is 0 Å². The Balaban J connectivity index is -0.0000000183. The van der Waals surface area contributed by atoms with Gasteiger partial charge in [0.2, 0.25) is 0 Å². The van der Waals surface area contributed by atoms with Crippen LogP contribution in [0.1, 0.15) is 90.0 Å². The van der Waals surface area contributed by atoms with E-state index < -0.39 is 0 Å². The predicted octanol–water partition coefficient (Wildman–Crippen LogP) is 1.54. The van der Waals surface area contributed by atoms with E-state index in [1.54, 1.807) is 90.0 Å². The summed E-state index contributed by atoms with van der Waals surface area (Å²) in [5, 5.41) is 70.1. The van der Waals surface area contributed by atoms with Gasteiger partial charge in [-0.25, -0.2) is 0 Å². The summed E-state index contributed by atoms with van der Waals surface area (Å²) in [6.07, 6.45) is -0.667. The summed E-state index contributed by atoms with van der Waals surface area (Å²) >= 11 is 0. The van der Waals surface area contributed by atoms with Gasteiger partial charge in [-0.2, -0.15) is 0 Å². The monoisotopic (exact) mass is 699 g/mol. The molecule has 0 fully saturated rings. The molecule has 0 aliphatic heterocycles. The Morgan fingerprint density at radius 1 is 0.364 bits per heavy atom.